The molecule has 2 amide bonds. The number of nitrogens with one attached hydrogen (secondary N) is 1. The summed E-state index contributed by atoms with van der Waals surface area (Å²) in [5, 5.41) is 16.7. The Kier molecular flexibility index (Phi) is 13.9. The fourth-order valence-electron chi connectivity index (χ4n) is 12.3. The van der Waals surface area contributed by atoms with E-state index in [0.29, 0.717) is 59.5 Å². The maximum absolute atomic E-state index is 13.7. The Hall–Kier alpha value is -3.04. The Morgan fingerprint density at radius 3 is 2.62 bits per heavy atom. The van der Waals surface area contributed by atoms with Gasteiger partial charge in [0.25, 0.3) is 5.91 Å². The number of aliphatic hydroxyl groups excluding tert-OH is 1. The number of hydrogen-bond donors (Lipinski definition) is 2. The number of carbonyl (C=O) groups excluding carboxylic acids is 4. The fourth-order valence-corrected chi connectivity index (χ4v) is 13.6. The molecular weight excluding hydrogens is 731 g/mol. The number of terminal acetylenes is 1. The van der Waals surface area contributed by atoms with E-state index in [9.17, 15) is 24.3 Å². The van der Waals surface area contributed by atoms with Crippen LogP contribution >= 0.6 is 11.8 Å². The van der Waals surface area contributed by atoms with Gasteiger partial charge in [-0.05, 0) is 134 Å². The first-order valence-corrected chi connectivity index (χ1v) is 22.2. The number of ketones is 1. The Morgan fingerprint density at radius 1 is 1.09 bits per heavy atom. The van der Waals surface area contributed by atoms with Crippen LogP contribution in [0.4, 0.5) is 0 Å². The van der Waals surface area contributed by atoms with Gasteiger partial charge < -0.3 is 19.9 Å². The smallest absolute Gasteiger partial charge is 0.306 e. The molecule has 2 heterocycles. The lowest BCUT2D eigenvalue weighted by Crippen LogP contribution is -2.70. The van der Waals surface area contributed by atoms with Gasteiger partial charge in [0.2, 0.25) is 5.91 Å². The third-order valence-corrected chi connectivity index (χ3v) is 16.6. The van der Waals surface area contributed by atoms with Crippen LogP contribution in [0.1, 0.15) is 118 Å². The number of allylic oxidation sites excluding steroid dienone is 1. The highest BCUT2D eigenvalue weighted by molar-refractivity contribution is 8.00. The molecule has 4 saturated carbocycles. The predicted octanol–water partition coefficient (Wildman–Crippen LogP) is 6.96. The van der Waals surface area contributed by atoms with E-state index in [1.807, 2.05) is 6.92 Å². The molecule has 56 heavy (non-hydrogen) atoms. The summed E-state index contributed by atoms with van der Waals surface area (Å²) in [6, 6.07) is -0.698. The number of esters is 1. The highest BCUT2D eigenvalue weighted by atomic mass is 32.2. The lowest BCUT2D eigenvalue weighted by atomic mass is 9.44. The van der Waals surface area contributed by atoms with Crippen molar-refractivity contribution in [1.29, 1.82) is 0 Å². The van der Waals surface area contributed by atoms with E-state index in [2.05, 4.69) is 42.0 Å². The summed E-state index contributed by atoms with van der Waals surface area (Å²) in [5.41, 5.74) is 10.7. The van der Waals surface area contributed by atoms with E-state index < -0.39 is 17.9 Å². The number of carbonyl (C=O) groups is 4. The molecule has 0 aromatic rings. The van der Waals surface area contributed by atoms with Gasteiger partial charge in [0.1, 0.15) is 18.0 Å². The van der Waals surface area contributed by atoms with Crippen LogP contribution in [-0.2, 0) is 28.7 Å². The van der Waals surface area contributed by atoms with E-state index in [4.69, 9.17) is 21.4 Å². The number of Topliss-reactive ketones (excluding diaryl/α,β-unsaturated/α-hetero) is 1. The van der Waals surface area contributed by atoms with Crippen molar-refractivity contribution in [3.8, 4) is 12.3 Å². The number of hydrogen-bond acceptors (Lipinski definition) is 9. The standard InChI is InChI=1S/C43H63N5O7S/c1-6-7-18-54-19-20-55-37(52)22-28(24-45-47-44)21-35(50)39-27(3)25-56-41-38(40(53)48(39)41)46-36(51)13-8-26(2)32-11-12-33-31-10-9-29-23-30(49)14-16-42(29,4)34(31)15-17-43(32,33)5/h1,26,28-34,38,41,49H,7-25H2,2-5H3,(H,46,51)/t26-,28?,29-,30-,31+,32-,33+,34+,38?,41?,42+,43-/m1/s1. The molecule has 13 heteroatoms. The molecule has 5 fully saturated rings. The van der Waals surface area contributed by atoms with Crippen molar-refractivity contribution in [2.45, 2.75) is 135 Å². The molecule has 0 bridgehead atoms. The van der Waals surface area contributed by atoms with E-state index >= 15 is 0 Å². The Bertz CT molecular complexity index is 1620. The summed E-state index contributed by atoms with van der Waals surface area (Å²) in [6.07, 6.45) is 17.2. The van der Waals surface area contributed by atoms with Crippen LogP contribution in [-0.4, -0.2) is 83.2 Å². The van der Waals surface area contributed by atoms with Gasteiger partial charge in [-0.1, -0.05) is 25.9 Å². The van der Waals surface area contributed by atoms with Crippen molar-refractivity contribution in [2.75, 3.05) is 32.1 Å². The van der Waals surface area contributed by atoms with Crippen LogP contribution in [0.5, 0.6) is 0 Å². The lowest BCUT2D eigenvalue weighted by molar-refractivity contribution is -0.148. The molecule has 2 aliphatic heterocycles. The van der Waals surface area contributed by atoms with Gasteiger partial charge in [-0.2, -0.15) is 0 Å². The minimum atomic E-state index is -0.698. The van der Waals surface area contributed by atoms with Crippen molar-refractivity contribution < 1.29 is 33.8 Å². The zero-order valence-corrected chi connectivity index (χ0v) is 34.7. The van der Waals surface area contributed by atoms with Crippen molar-refractivity contribution >= 4 is 35.3 Å². The van der Waals surface area contributed by atoms with E-state index in [1.165, 1.54) is 55.2 Å². The van der Waals surface area contributed by atoms with Crippen LogP contribution in [0, 0.1) is 64.6 Å². The number of amides is 2. The molecule has 12 atom stereocenters. The largest absolute Gasteiger partial charge is 0.463 e. The van der Waals surface area contributed by atoms with Crippen molar-refractivity contribution in [3.05, 3.63) is 21.7 Å². The van der Waals surface area contributed by atoms with Gasteiger partial charge in [0.05, 0.1) is 25.0 Å². The molecule has 0 radical (unpaired) electrons. The van der Waals surface area contributed by atoms with Crippen molar-refractivity contribution in [2.24, 2.45) is 57.4 Å². The molecule has 308 valence electrons. The molecular formula is C43H63N5O7S. The van der Waals surface area contributed by atoms with Crippen molar-refractivity contribution in [1.82, 2.24) is 10.2 Å². The average Bonchev–Trinajstić information content (AvgIpc) is 3.53. The number of fused-ring (bicyclic) bond motifs is 6. The quantitative estimate of drug-likeness (QED) is 0.0303. The second-order valence-electron chi connectivity index (χ2n) is 18.3. The molecule has 3 unspecified atom stereocenters. The molecule has 0 aromatic heterocycles. The highest BCUT2D eigenvalue weighted by Gasteiger charge is 2.60. The number of aliphatic hydroxyl groups is 1. The maximum Gasteiger partial charge on any atom is 0.306 e. The van der Waals surface area contributed by atoms with E-state index in [-0.39, 0.29) is 61.7 Å². The van der Waals surface area contributed by atoms with Gasteiger partial charge in [0, 0.05) is 42.9 Å². The summed E-state index contributed by atoms with van der Waals surface area (Å²) < 4.78 is 10.5. The Balaban J connectivity index is 0.985. The summed E-state index contributed by atoms with van der Waals surface area (Å²) >= 11 is 1.53. The second-order valence-corrected chi connectivity index (χ2v) is 19.4. The monoisotopic (exact) mass is 793 g/mol. The number of azide groups is 1. The van der Waals surface area contributed by atoms with Gasteiger partial charge in [-0.25, -0.2) is 0 Å². The molecule has 2 N–H and O–H groups in total. The first kappa shape index (κ1) is 42.6. The predicted molar refractivity (Wildman–Crippen MR) is 214 cm³/mol. The SMILES string of the molecule is C#CCCOCCOC(=O)CC(CN=[N+]=[N-])CC(=O)C1=C(C)CSC2C(NC(=O)CC[C@@H](C)[C@H]3CC[C@H]4[C@@H]5CC[C@@H]6C[C@H](O)CC[C@]6(C)[C@H]5CC[C@]34C)C(=O)N12. The molecule has 4 aliphatic carbocycles. The van der Waals surface area contributed by atoms with E-state index in [0.717, 1.165) is 49.0 Å². The van der Waals surface area contributed by atoms with Crippen molar-refractivity contribution in [3.63, 3.8) is 0 Å². The third kappa shape index (κ3) is 8.69. The maximum atomic E-state index is 13.7. The topological polar surface area (TPSA) is 171 Å². The van der Waals surface area contributed by atoms with E-state index in [1.54, 1.807) is 0 Å². The second kappa shape index (κ2) is 18.3. The zero-order valence-electron chi connectivity index (χ0n) is 33.9. The first-order valence-electron chi connectivity index (χ1n) is 21.1. The van der Waals surface area contributed by atoms with Crippen LogP contribution < -0.4 is 5.32 Å². The zero-order chi connectivity index (χ0) is 40.2. The first-order chi connectivity index (χ1) is 26.8. The summed E-state index contributed by atoms with van der Waals surface area (Å²) in [5.74, 6) is 5.04. The number of rotatable bonds is 17. The molecule has 0 spiro atoms. The number of ether oxygens (including phenoxy) is 2. The summed E-state index contributed by atoms with van der Waals surface area (Å²) in [6.45, 7) is 9.76. The van der Waals surface area contributed by atoms with Gasteiger partial charge in [-0.15, -0.1) is 24.1 Å². The highest BCUT2D eigenvalue weighted by Crippen LogP contribution is 2.68. The van der Waals surface area contributed by atoms with Crippen LogP contribution in [0.3, 0.4) is 0 Å². The summed E-state index contributed by atoms with van der Waals surface area (Å²) in [7, 11) is 0. The number of nitrogens with zero attached hydrogens (tertiary/aromatic N) is 4. The molecule has 6 rings (SSSR count). The normalized spacial score (nSPS) is 35.6. The third-order valence-electron chi connectivity index (χ3n) is 15.2. The molecule has 6 aliphatic rings. The number of β-lactam (4-membered cyclic amide) rings is 1. The van der Waals surface area contributed by atoms with Crippen LogP contribution in [0.15, 0.2) is 16.4 Å². The average molecular weight is 794 g/mol. The van der Waals surface area contributed by atoms with Gasteiger partial charge in [0.15, 0.2) is 5.78 Å². The van der Waals surface area contributed by atoms with Crippen LogP contribution in [0.25, 0.3) is 10.4 Å². The minimum Gasteiger partial charge on any atom is -0.463 e. The Morgan fingerprint density at radius 2 is 1.86 bits per heavy atom. The van der Waals surface area contributed by atoms with Crippen LogP contribution in [0.2, 0.25) is 0 Å². The van der Waals surface area contributed by atoms with Gasteiger partial charge >= 0.3 is 5.97 Å². The molecule has 1 saturated heterocycles. The summed E-state index contributed by atoms with van der Waals surface area (Å²) in [4.78, 5) is 57.5. The lowest BCUT2D eigenvalue weighted by Gasteiger charge is -2.61. The molecule has 12 nitrogen and oxygen atoms in total. The minimum absolute atomic E-state index is 0.0394. The fraction of sp³-hybridized carbons (Fsp3) is 0.814. The molecule has 0 aromatic carbocycles. The Labute approximate surface area is 337 Å². The van der Waals surface area contributed by atoms with Gasteiger partial charge in [-0.3, -0.25) is 24.1 Å². The number of thioether (sulfide) groups is 1.